The molecule has 0 unspecified atom stereocenters. The average Bonchev–Trinajstić information content (AvgIpc) is 2.45. The summed E-state index contributed by atoms with van der Waals surface area (Å²) in [6.07, 6.45) is 22.1. The van der Waals surface area contributed by atoms with E-state index in [1.807, 2.05) is 6.92 Å². The van der Waals surface area contributed by atoms with E-state index in [-0.39, 0.29) is 0 Å². The molecule has 122 valence electrons. The molecule has 0 amide bonds. The number of unbranched alkanes of at least 4 members (excludes halogenated alkanes) is 7. The van der Waals surface area contributed by atoms with Crippen LogP contribution in [0.25, 0.3) is 0 Å². The Morgan fingerprint density at radius 1 is 0.810 bits per heavy atom. The summed E-state index contributed by atoms with van der Waals surface area (Å²) >= 11 is 0. The van der Waals surface area contributed by atoms with Gasteiger partial charge >= 0.3 is 0 Å². The molecule has 0 aliphatic carbocycles. The maximum absolute atomic E-state index is 7.38. The van der Waals surface area contributed by atoms with Gasteiger partial charge in [0.1, 0.15) is 0 Å². The number of hydrogen-bond acceptors (Lipinski definition) is 1. The zero-order chi connectivity index (χ0) is 15.8. The molecule has 0 aromatic carbocycles. The molecule has 0 saturated heterocycles. The van der Waals surface area contributed by atoms with Crippen LogP contribution in [0.2, 0.25) is 0 Å². The molecule has 0 aliphatic rings. The fraction of sp³-hybridized carbons (Fsp3) is 0.750. The van der Waals surface area contributed by atoms with Crippen molar-refractivity contribution in [3.63, 3.8) is 0 Å². The fourth-order valence-corrected chi connectivity index (χ4v) is 2.42. The van der Waals surface area contributed by atoms with Crippen molar-refractivity contribution in [3.05, 3.63) is 23.8 Å². The molecule has 0 bridgehead atoms. The quantitative estimate of drug-likeness (QED) is 0.198. The van der Waals surface area contributed by atoms with Crippen molar-refractivity contribution in [1.82, 2.24) is 0 Å². The molecule has 0 aromatic rings. The lowest BCUT2D eigenvalue weighted by Crippen LogP contribution is -1.88. The van der Waals surface area contributed by atoms with Gasteiger partial charge in [0.25, 0.3) is 0 Å². The molecule has 0 atom stereocenters. The number of hydrogen-bond donors (Lipinski definition) is 1. The molecule has 0 rings (SSSR count). The summed E-state index contributed by atoms with van der Waals surface area (Å²) in [5.74, 6) is 0. The highest BCUT2D eigenvalue weighted by atomic mass is 14.4. The number of nitrogens with one attached hydrogen (secondary N) is 1. The van der Waals surface area contributed by atoms with Gasteiger partial charge in [-0.25, -0.2) is 0 Å². The van der Waals surface area contributed by atoms with Gasteiger partial charge in [-0.05, 0) is 58.8 Å². The zero-order valence-corrected chi connectivity index (χ0v) is 14.7. The summed E-state index contributed by atoms with van der Waals surface area (Å²) in [6.45, 7) is 6.43. The molecule has 1 heteroatoms. The van der Waals surface area contributed by atoms with Crippen LogP contribution in [0.15, 0.2) is 23.8 Å². The van der Waals surface area contributed by atoms with E-state index in [2.05, 4.69) is 32.1 Å². The summed E-state index contributed by atoms with van der Waals surface area (Å²) in [5, 5.41) is 7.38. The summed E-state index contributed by atoms with van der Waals surface area (Å²) in [4.78, 5) is 0. The molecule has 0 fully saturated rings. The van der Waals surface area contributed by atoms with Gasteiger partial charge in [0, 0.05) is 5.71 Å². The Labute approximate surface area is 133 Å². The minimum absolute atomic E-state index is 0.830. The smallest absolute Gasteiger partial charge is 0.00582 e. The second kappa shape index (κ2) is 15.5. The van der Waals surface area contributed by atoms with E-state index in [1.165, 1.54) is 64.2 Å². The summed E-state index contributed by atoms with van der Waals surface area (Å²) in [5.41, 5.74) is 2.38. The normalized spacial score (nSPS) is 12.2. The van der Waals surface area contributed by atoms with E-state index in [0.717, 1.165) is 18.6 Å². The van der Waals surface area contributed by atoms with Gasteiger partial charge in [-0.15, -0.1) is 0 Å². The molecule has 0 aromatic heterocycles. The predicted octanol–water partition coefficient (Wildman–Crippen LogP) is 7.23. The van der Waals surface area contributed by atoms with Crippen LogP contribution in [-0.4, -0.2) is 5.71 Å². The lowest BCUT2D eigenvalue weighted by Gasteiger charge is -2.02. The van der Waals surface area contributed by atoms with Crippen LogP contribution in [0.3, 0.4) is 0 Å². The first-order chi connectivity index (χ1) is 10.2. The van der Waals surface area contributed by atoms with Crippen molar-refractivity contribution >= 4 is 5.71 Å². The molecular formula is C20H37N. The third-order valence-electron chi connectivity index (χ3n) is 3.87. The van der Waals surface area contributed by atoms with Crippen LogP contribution < -0.4 is 0 Å². The van der Waals surface area contributed by atoms with E-state index in [4.69, 9.17) is 5.41 Å². The average molecular weight is 292 g/mol. The zero-order valence-electron chi connectivity index (χ0n) is 14.7. The van der Waals surface area contributed by atoms with Crippen molar-refractivity contribution in [2.24, 2.45) is 0 Å². The number of allylic oxidation sites excluding steroid dienone is 4. The van der Waals surface area contributed by atoms with Crippen molar-refractivity contribution in [2.45, 2.75) is 97.8 Å². The van der Waals surface area contributed by atoms with Crippen LogP contribution in [0.4, 0.5) is 0 Å². The Morgan fingerprint density at radius 2 is 1.48 bits per heavy atom. The topological polar surface area (TPSA) is 23.9 Å². The third kappa shape index (κ3) is 17.1. The monoisotopic (exact) mass is 291 g/mol. The second-order valence-electron chi connectivity index (χ2n) is 6.30. The Morgan fingerprint density at radius 3 is 2.14 bits per heavy atom. The molecule has 0 heterocycles. The summed E-state index contributed by atoms with van der Waals surface area (Å²) in [7, 11) is 0. The minimum atomic E-state index is 0.830. The van der Waals surface area contributed by atoms with Crippen molar-refractivity contribution in [2.75, 3.05) is 0 Å². The predicted molar refractivity (Wildman–Crippen MR) is 97.4 cm³/mol. The molecule has 0 aliphatic heterocycles. The van der Waals surface area contributed by atoms with Crippen molar-refractivity contribution in [3.8, 4) is 0 Å². The van der Waals surface area contributed by atoms with Crippen LogP contribution >= 0.6 is 0 Å². The Hall–Kier alpha value is -0.850. The Balaban J connectivity index is 3.41. The van der Waals surface area contributed by atoms with Crippen LogP contribution in [0.5, 0.6) is 0 Å². The third-order valence-corrected chi connectivity index (χ3v) is 3.87. The molecular weight excluding hydrogens is 254 g/mol. The standard InChI is InChI=1S/C20H37N/c1-4-5-6-7-8-10-13-16-19(2)17-14-11-9-12-15-18-20(3)21/h8,10,16,21H,4-7,9,11-15,17-18H2,1-3H3/b10-8-,19-16-,21-20?. The van der Waals surface area contributed by atoms with Crippen LogP contribution in [0.1, 0.15) is 97.8 Å². The fourth-order valence-electron chi connectivity index (χ4n) is 2.42. The molecule has 21 heavy (non-hydrogen) atoms. The van der Waals surface area contributed by atoms with Gasteiger partial charge in [-0.3, -0.25) is 0 Å². The van der Waals surface area contributed by atoms with Crippen LogP contribution in [0, 0.1) is 5.41 Å². The molecule has 0 saturated carbocycles. The van der Waals surface area contributed by atoms with Gasteiger partial charge in [0.05, 0.1) is 0 Å². The molecule has 0 radical (unpaired) electrons. The van der Waals surface area contributed by atoms with Gasteiger partial charge in [0.15, 0.2) is 0 Å². The van der Waals surface area contributed by atoms with E-state index >= 15 is 0 Å². The largest absolute Gasteiger partial charge is 0.310 e. The van der Waals surface area contributed by atoms with E-state index in [1.54, 1.807) is 5.57 Å². The highest BCUT2D eigenvalue weighted by Gasteiger charge is 1.94. The highest BCUT2D eigenvalue weighted by Crippen LogP contribution is 2.12. The SMILES string of the molecule is CCCCC/C=C\C/C=C(/C)CCCCCCCC(C)=N. The van der Waals surface area contributed by atoms with Gasteiger partial charge in [-0.1, -0.05) is 62.8 Å². The maximum Gasteiger partial charge on any atom is 0.00582 e. The van der Waals surface area contributed by atoms with E-state index < -0.39 is 0 Å². The Kier molecular flexibility index (Phi) is 14.9. The molecule has 1 nitrogen and oxygen atoms in total. The van der Waals surface area contributed by atoms with Crippen LogP contribution in [-0.2, 0) is 0 Å². The van der Waals surface area contributed by atoms with Gasteiger partial charge in [0.2, 0.25) is 0 Å². The first-order valence-electron chi connectivity index (χ1n) is 9.01. The minimum Gasteiger partial charge on any atom is -0.310 e. The first-order valence-corrected chi connectivity index (χ1v) is 9.01. The van der Waals surface area contributed by atoms with Crippen molar-refractivity contribution in [1.29, 1.82) is 5.41 Å². The Bertz CT molecular complexity index is 299. The molecule has 1 N–H and O–H groups in total. The first kappa shape index (κ1) is 20.1. The van der Waals surface area contributed by atoms with E-state index in [9.17, 15) is 0 Å². The maximum atomic E-state index is 7.38. The summed E-state index contributed by atoms with van der Waals surface area (Å²) < 4.78 is 0. The summed E-state index contributed by atoms with van der Waals surface area (Å²) in [6, 6.07) is 0. The van der Waals surface area contributed by atoms with Gasteiger partial charge < -0.3 is 5.41 Å². The lowest BCUT2D eigenvalue weighted by atomic mass is 10.0. The highest BCUT2D eigenvalue weighted by molar-refractivity contribution is 5.78. The molecule has 0 spiro atoms. The lowest BCUT2D eigenvalue weighted by molar-refractivity contribution is 0.620. The van der Waals surface area contributed by atoms with Crippen molar-refractivity contribution < 1.29 is 0 Å². The number of rotatable bonds is 14. The second-order valence-corrected chi connectivity index (χ2v) is 6.30. The van der Waals surface area contributed by atoms with Gasteiger partial charge in [-0.2, -0.15) is 0 Å². The van der Waals surface area contributed by atoms with E-state index in [0.29, 0.717) is 0 Å².